The first kappa shape index (κ1) is 7.31. The topological polar surface area (TPSA) is 59.4 Å². The quantitative estimate of drug-likeness (QED) is 0.640. The number of rotatable bonds is 2. The van der Waals surface area contributed by atoms with E-state index in [1.54, 1.807) is 12.1 Å². The van der Waals surface area contributed by atoms with Gasteiger partial charge in [0.05, 0.1) is 6.04 Å². The van der Waals surface area contributed by atoms with Crippen LogP contribution in [0.1, 0.15) is 24.5 Å². The molecule has 1 atom stereocenters. The van der Waals surface area contributed by atoms with Crippen LogP contribution in [-0.2, 0) is 6.61 Å². The molecule has 10 heavy (non-hydrogen) atoms. The molecule has 0 bridgehead atoms. The van der Waals surface area contributed by atoms with Crippen LogP contribution < -0.4 is 5.73 Å². The lowest BCUT2D eigenvalue weighted by Crippen LogP contribution is -2.02. The summed E-state index contributed by atoms with van der Waals surface area (Å²) in [5.41, 5.74) is 5.51. The van der Waals surface area contributed by atoms with Crippen LogP contribution in [0.5, 0.6) is 0 Å². The zero-order valence-electron chi connectivity index (χ0n) is 5.87. The highest BCUT2D eigenvalue weighted by molar-refractivity contribution is 5.08. The monoisotopic (exact) mass is 141 g/mol. The van der Waals surface area contributed by atoms with Crippen LogP contribution in [0.15, 0.2) is 16.5 Å². The van der Waals surface area contributed by atoms with Crippen molar-refractivity contribution < 1.29 is 9.52 Å². The number of hydrogen-bond acceptors (Lipinski definition) is 3. The Morgan fingerprint density at radius 3 is 2.70 bits per heavy atom. The first-order valence-corrected chi connectivity index (χ1v) is 3.19. The fraction of sp³-hybridized carbons (Fsp3) is 0.429. The summed E-state index contributed by atoms with van der Waals surface area (Å²) in [5, 5.41) is 8.60. The van der Waals surface area contributed by atoms with Gasteiger partial charge in [-0.15, -0.1) is 0 Å². The molecular weight excluding hydrogens is 130 g/mol. The van der Waals surface area contributed by atoms with E-state index in [1.165, 1.54) is 0 Å². The average molecular weight is 141 g/mol. The van der Waals surface area contributed by atoms with E-state index in [1.807, 2.05) is 6.92 Å². The second-order valence-corrected chi connectivity index (χ2v) is 2.25. The Balaban J connectivity index is 2.78. The van der Waals surface area contributed by atoms with Crippen LogP contribution in [0.2, 0.25) is 0 Å². The second kappa shape index (κ2) is 2.86. The molecule has 0 aliphatic rings. The van der Waals surface area contributed by atoms with E-state index in [-0.39, 0.29) is 12.6 Å². The summed E-state index contributed by atoms with van der Waals surface area (Å²) in [7, 11) is 0. The lowest BCUT2D eigenvalue weighted by molar-refractivity contribution is 0.242. The van der Waals surface area contributed by atoms with Crippen LogP contribution in [-0.4, -0.2) is 5.11 Å². The van der Waals surface area contributed by atoms with E-state index < -0.39 is 0 Å². The van der Waals surface area contributed by atoms with Gasteiger partial charge in [0, 0.05) is 0 Å². The van der Waals surface area contributed by atoms with Crippen molar-refractivity contribution in [1.29, 1.82) is 0 Å². The zero-order valence-corrected chi connectivity index (χ0v) is 5.87. The fourth-order valence-electron chi connectivity index (χ4n) is 0.724. The van der Waals surface area contributed by atoms with Crippen molar-refractivity contribution in [1.82, 2.24) is 0 Å². The summed E-state index contributed by atoms with van der Waals surface area (Å²) in [5.74, 6) is 1.27. The third kappa shape index (κ3) is 1.37. The molecule has 1 heterocycles. The predicted octanol–water partition coefficient (Wildman–Crippen LogP) is 0.792. The Kier molecular flexibility index (Phi) is 2.09. The Hall–Kier alpha value is -0.800. The molecule has 0 amide bonds. The Labute approximate surface area is 59.5 Å². The molecule has 1 unspecified atom stereocenters. The molecule has 3 N–H and O–H groups in total. The minimum Gasteiger partial charge on any atom is -0.462 e. The minimum atomic E-state index is -0.0969. The van der Waals surface area contributed by atoms with Gasteiger partial charge in [-0.3, -0.25) is 0 Å². The standard InChI is InChI=1S/C7H11NO2/c1-5(8)7-3-2-6(4-9)10-7/h2-3,5,9H,4,8H2,1H3. The molecular formula is C7H11NO2. The molecule has 0 spiro atoms. The van der Waals surface area contributed by atoms with Gasteiger partial charge in [-0.25, -0.2) is 0 Å². The summed E-state index contributed by atoms with van der Waals surface area (Å²) < 4.78 is 5.12. The van der Waals surface area contributed by atoms with Crippen LogP contribution in [0.3, 0.4) is 0 Å². The van der Waals surface area contributed by atoms with Gasteiger partial charge >= 0.3 is 0 Å². The minimum absolute atomic E-state index is 0.0628. The second-order valence-electron chi connectivity index (χ2n) is 2.25. The molecule has 0 saturated carbocycles. The van der Waals surface area contributed by atoms with E-state index in [2.05, 4.69) is 0 Å². The first-order chi connectivity index (χ1) is 4.74. The zero-order chi connectivity index (χ0) is 7.56. The van der Waals surface area contributed by atoms with E-state index in [0.717, 1.165) is 0 Å². The number of hydrogen-bond donors (Lipinski definition) is 2. The van der Waals surface area contributed by atoms with E-state index in [0.29, 0.717) is 11.5 Å². The number of aliphatic hydroxyl groups excluding tert-OH is 1. The maximum atomic E-state index is 8.60. The van der Waals surface area contributed by atoms with Crippen molar-refractivity contribution in [3.8, 4) is 0 Å². The highest BCUT2D eigenvalue weighted by Gasteiger charge is 2.03. The maximum absolute atomic E-state index is 8.60. The van der Waals surface area contributed by atoms with Crippen molar-refractivity contribution >= 4 is 0 Å². The molecule has 0 aromatic carbocycles. The fourth-order valence-corrected chi connectivity index (χ4v) is 0.724. The Bertz CT molecular complexity index is 205. The first-order valence-electron chi connectivity index (χ1n) is 3.19. The summed E-state index contributed by atoms with van der Waals surface area (Å²) in [4.78, 5) is 0. The maximum Gasteiger partial charge on any atom is 0.129 e. The smallest absolute Gasteiger partial charge is 0.129 e. The van der Waals surface area contributed by atoms with E-state index in [4.69, 9.17) is 15.3 Å². The van der Waals surface area contributed by atoms with Crippen molar-refractivity contribution in [2.45, 2.75) is 19.6 Å². The Morgan fingerprint density at radius 2 is 2.40 bits per heavy atom. The molecule has 56 valence electrons. The van der Waals surface area contributed by atoms with Crippen LogP contribution in [0, 0.1) is 0 Å². The largest absolute Gasteiger partial charge is 0.462 e. The van der Waals surface area contributed by atoms with Gasteiger partial charge in [0.1, 0.15) is 18.1 Å². The van der Waals surface area contributed by atoms with Crippen molar-refractivity contribution in [2.75, 3.05) is 0 Å². The van der Waals surface area contributed by atoms with E-state index in [9.17, 15) is 0 Å². The summed E-state index contributed by atoms with van der Waals surface area (Å²) in [6.45, 7) is 1.77. The highest BCUT2D eigenvalue weighted by Crippen LogP contribution is 2.13. The van der Waals surface area contributed by atoms with Crippen molar-refractivity contribution in [3.63, 3.8) is 0 Å². The van der Waals surface area contributed by atoms with Gasteiger partial charge in [0.15, 0.2) is 0 Å². The van der Waals surface area contributed by atoms with Crippen molar-refractivity contribution in [3.05, 3.63) is 23.7 Å². The van der Waals surface area contributed by atoms with Gasteiger partial charge < -0.3 is 15.3 Å². The molecule has 0 aliphatic heterocycles. The molecule has 1 aromatic heterocycles. The molecule has 1 rings (SSSR count). The number of aliphatic hydroxyl groups is 1. The van der Waals surface area contributed by atoms with Gasteiger partial charge in [0.2, 0.25) is 0 Å². The van der Waals surface area contributed by atoms with Gasteiger partial charge in [-0.05, 0) is 19.1 Å². The Morgan fingerprint density at radius 1 is 1.70 bits per heavy atom. The molecule has 0 aliphatic carbocycles. The van der Waals surface area contributed by atoms with Crippen LogP contribution >= 0.6 is 0 Å². The van der Waals surface area contributed by atoms with E-state index >= 15 is 0 Å². The average Bonchev–Trinajstić information content (AvgIpc) is 2.34. The third-order valence-corrected chi connectivity index (χ3v) is 1.29. The summed E-state index contributed by atoms with van der Waals surface area (Å²) in [6.07, 6.45) is 0. The summed E-state index contributed by atoms with van der Waals surface area (Å²) >= 11 is 0. The van der Waals surface area contributed by atoms with Gasteiger partial charge in [-0.1, -0.05) is 0 Å². The lowest BCUT2D eigenvalue weighted by atomic mass is 10.3. The molecule has 0 radical (unpaired) electrons. The number of nitrogens with two attached hydrogens (primary N) is 1. The molecule has 0 saturated heterocycles. The molecule has 3 nitrogen and oxygen atoms in total. The third-order valence-electron chi connectivity index (χ3n) is 1.29. The highest BCUT2D eigenvalue weighted by atomic mass is 16.4. The van der Waals surface area contributed by atoms with Gasteiger partial charge in [-0.2, -0.15) is 0 Å². The summed E-state index contributed by atoms with van der Waals surface area (Å²) in [6, 6.07) is 3.40. The molecule has 0 fully saturated rings. The van der Waals surface area contributed by atoms with Crippen LogP contribution in [0.25, 0.3) is 0 Å². The van der Waals surface area contributed by atoms with Crippen molar-refractivity contribution in [2.24, 2.45) is 5.73 Å². The SMILES string of the molecule is CC(N)c1ccc(CO)o1. The number of furan rings is 1. The normalized spacial score (nSPS) is 13.5. The predicted molar refractivity (Wildman–Crippen MR) is 37.2 cm³/mol. The van der Waals surface area contributed by atoms with Crippen LogP contribution in [0.4, 0.5) is 0 Å². The van der Waals surface area contributed by atoms with Gasteiger partial charge in [0.25, 0.3) is 0 Å². The molecule has 1 aromatic rings. The molecule has 3 heteroatoms. The lowest BCUT2D eigenvalue weighted by Gasteiger charge is -1.97.